The average molecular weight is 331 g/mol. The number of nitrogens with zero attached hydrogens (tertiary/aromatic N) is 3. The minimum atomic E-state index is -0.373. The number of hydrogen-bond acceptors (Lipinski definition) is 4. The van der Waals surface area contributed by atoms with Gasteiger partial charge in [-0.25, -0.2) is 0 Å². The average Bonchev–Trinajstić information content (AvgIpc) is 2.54. The summed E-state index contributed by atoms with van der Waals surface area (Å²) in [4.78, 5) is 52.1. The summed E-state index contributed by atoms with van der Waals surface area (Å²) >= 11 is 0. The lowest BCUT2D eigenvalue weighted by molar-refractivity contribution is -0.138. The highest BCUT2D eigenvalue weighted by molar-refractivity contribution is 6.09. The third-order valence-corrected chi connectivity index (χ3v) is 3.98. The van der Waals surface area contributed by atoms with E-state index in [0.29, 0.717) is 11.1 Å². The van der Waals surface area contributed by atoms with Crippen LogP contribution in [0.15, 0.2) is 24.3 Å². The van der Waals surface area contributed by atoms with Crippen molar-refractivity contribution in [3.8, 4) is 0 Å². The molecule has 7 nitrogen and oxygen atoms in total. The van der Waals surface area contributed by atoms with Crippen molar-refractivity contribution in [1.29, 1.82) is 0 Å². The Bertz CT molecular complexity index is 684. The molecule has 1 heterocycles. The first-order chi connectivity index (χ1) is 11.3. The molecule has 2 rings (SSSR count). The summed E-state index contributed by atoms with van der Waals surface area (Å²) in [6, 6.07) is 6.97. The zero-order valence-corrected chi connectivity index (χ0v) is 14.1. The van der Waals surface area contributed by atoms with Crippen LogP contribution in [0.5, 0.6) is 0 Å². The van der Waals surface area contributed by atoms with Gasteiger partial charge in [-0.3, -0.25) is 24.1 Å². The highest BCUT2D eigenvalue weighted by Gasteiger charge is 2.31. The van der Waals surface area contributed by atoms with Crippen LogP contribution >= 0.6 is 0 Å². The summed E-state index contributed by atoms with van der Waals surface area (Å²) in [5.41, 5.74) is 1.21. The molecular formula is C17H21N3O4. The molecule has 0 spiro atoms. The van der Waals surface area contributed by atoms with Gasteiger partial charge in [0.2, 0.25) is 17.7 Å². The molecule has 0 aliphatic carbocycles. The molecule has 0 fully saturated rings. The topological polar surface area (TPSA) is 78.0 Å². The molecule has 7 heteroatoms. The molecule has 0 unspecified atom stereocenters. The Morgan fingerprint density at radius 2 is 1.75 bits per heavy atom. The van der Waals surface area contributed by atoms with Crippen LogP contribution in [0.1, 0.15) is 22.3 Å². The van der Waals surface area contributed by atoms with Crippen molar-refractivity contribution in [1.82, 2.24) is 14.7 Å². The Balaban J connectivity index is 1.97. The van der Waals surface area contributed by atoms with E-state index in [-0.39, 0.29) is 49.6 Å². The molecule has 0 bridgehead atoms. The number of likely N-dealkylation sites (N-methyl/N-ethyl adjacent to an activating group) is 2. The van der Waals surface area contributed by atoms with Crippen LogP contribution in [0.2, 0.25) is 0 Å². The zero-order valence-electron chi connectivity index (χ0n) is 14.1. The van der Waals surface area contributed by atoms with E-state index in [1.165, 1.54) is 16.8 Å². The number of hydrogen-bond donors (Lipinski definition) is 0. The molecule has 1 aliphatic rings. The molecule has 1 aromatic carbocycles. The molecule has 128 valence electrons. The number of rotatable bonds is 5. The zero-order chi connectivity index (χ0) is 17.9. The molecule has 24 heavy (non-hydrogen) atoms. The van der Waals surface area contributed by atoms with Crippen LogP contribution in [-0.2, 0) is 20.8 Å². The van der Waals surface area contributed by atoms with Crippen molar-refractivity contribution in [3.05, 3.63) is 35.4 Å². The van der Waals surface area contributed by atoms with Crippen LogP contribution < -0.4 is 0 Å². The van der Waals surface area contributed by atoms with E-state index < -0.39 is 0 Å². The maximum atomic E-state index is 12.4. The fourth-order valence-electron chi connectivity index (χ4n) is 2.46. The largest absolute Gasteiger partial charge is 0.347 e. The number of amides is 4. The highest BCUT2D eigenvalue weighted by Crippen LogP contribution is 2.19. The van der Waals surface area contributed by atoms with Crippen molar-refractivity contribution in [2.45, 2.75) is 12.8 Å². The lowest BCUT2D eigenvalue weighted by Crippen LogP contribution is -2.45. The molecule has 1 aliphatic heterocycles. The van der Waals surface area contributed by atoms with Crippen molar-refractivity contribution < 1.29 is 19.2 Å². The fourth-order valence-corrected chi connectivity index (χ4v) is 2.46. The third-order valence-electron chi connectivity index (χ3n) is 3.98. The third kappa shape index (κ3) is 3.79. The van der Waals surface area contributed by atoms with Gasteiger partial charge in [-0.15, -0.1) is 0 Å². The lowest BCUT2D eigenvalue weighted by atomic mass is 9.98. The molecule has 4 amide bonds. The second-order valence-electron chi connectivity index (χ2n) is 5.97. The molecule has 1 aromatic rings. The van der Waals surface area contributed by atoms with Crippen LogP contribution in [0, 0.1) is 0 Å². The lowest BCUT2D eigenvalue weighted by Gasteiger charge is -2.27. The minimum absolute atomic E-state index is 0.00312. The van der Waals surface area contributed by atoms with Crippen molar-refractivity contribution in [2.75, 3.05) is 34.2 Å². The van der Waals surface area contributed by atoms with E-state index in [1.54, 1.807) is 38.4 Å². The number of carbonyl (C=O) groups excluding carboxylic acids is 4. The molecular weight excluding hydrogens is 310 g/mol. The van der Waals surface area contributed by atoms with Crippen LogP contribution in [0.4, 0.5) is 0 Å². The number of carbonyl (C=O) groups is 4. The summed E-state index contributed by atoms with van der Waals surface area (Å²) in [5, 5.41) is 0. The van der Waals surface area contributed by atoms with Gasteiger partial charge in [0, 0.05) is 39.7 Å². The fraction of sp³-hybridized carbons (Fsp3) is 0.412. The predicted octanol–water partition coefficient (Wildman–Crippen LogP) is 0.148. The van der Waals surface area contributed by atoms with Crippen LogP contribution in [0.25, 0.3) is 0 Å². The Morgan fingerprint density at radius 3 is 2.42 bits per heavy atom. The standard InChI is InChI=1S/C17H21N3O4/c1-18(2)16(23)11-19(3)14(21)8-9-20-15(22)10-12-6-4-5-7-13(12)17(20)24/h4-7H,8-11H2,1-3H3. The maximum Gasteiger partial charge on any atom is 0.260 e. The van der Waals surface area contributed by atoms with E-state index in [4.69, 9.17) is 0 Å². The summed E-state index contributed by atoms with van der Waals surface area (Å²) in [7, 11) is 4.76. The van der Waals surface area contributed by atoms with Gasteiger partial charge in [-0.1, -0.05) is 18.2 Å². The van der Waals surface area contributed by atoms with Crippen molar-refractivity contribution in [3.63, 3.8) is 0 Å². The smallest absolute Gasteiger partial charge is 0.260 e. The van der Waals surface area contributed by atoms with Gasteiger partial charge in [-0.2, -0.15) is 0 Å². The molecule has 0 N–H and O–H groups in total. The monoisotopic (exact) mass is 331 g/mol. The number of benzene rings is 1. The van der Waals surface area contributed by atoms with Gasteiger partial charge in [-0.05, 0) is 11.6 Å². The number of fused-ring (bicyclic) bond motifs is 1. The quantitative estimate of drug-likeness (QED) is 0.720. The maximum absolute atomic E-state index is 12.4. The minimum Gasteiger partial charge on any atom is -0.347 e. The van der Waals surface area contributed by atoms with Gasteiger partial charge in [0.15, 0.2) is 0 Å². The normalized spacial score (nSPS) is 13.5. The van der Waals surface area contributed by atoms with E-state index in [1.807, 2.05) is 0 Å². The van der Waals surface area contributed by atoms with Crippen molar-refractivity contribution in [2.24, 2.45) is 0 Å². The Kier molecular flexibility index (Phi) is 5.33. The summed E-state index contributed by atoms with van der Waals surface area (Å²) in [5.74, 6) is -1.16. The summed E-state index contributed by atoms with van der Waals surface area (Å²) in [6.07, 6.45) is 0.155. The molecule has 0 saturated carbocycles. The Labute approximate surface area is 140 Å². The van der Waals surface area contributed by atoms with Crippen molar-refractivity contribution >= 4 is 23.6 Å². The molecule has 0 aromatic heterocycles. The van der Waals surface area contributed by atoms with Gasteiger partial charge in [0.05, 0.1) is 13.0 Å². The van der Waals surface area contributed by atoms with Crippen LogP contribution in [-0.4, -0.2) is 72.6 Å². The summed E-state index contributed by atoms with van der Waals surface area (Å²) < 4.78 is 0. The number of imide groups is 1. The first kappa shape index (κ1) is 17.7. The first-order valence-corrected chi connectivity index (χ1v) is 7.68. The van der Waals surface area contributed by atoms with Gasteiger partial charge >= 0.3 is 0 Å². The van der Waals surface area contributed by atoms with E-state index >= 15 is 0 Å². The van der Waals surface area contributed by atoms with E-state index in [2.05, 4.69) is 0 Å². The SMILES string of the molecule is CN(C)C(=O)CN(C)C(=O)CCN1C(=O)Cc2ccccc2C1=O. The molecule has 0 radical (unpaired) electrons. The molecule has 0 saturated heterocycles. The summed E-state index contributed by atoms with van der Waals surface area (Å²) in [6.45, 7) is -0.0120. The van der Waals surface area contributed by atoms with E-state index in [9.17, 15) is 19.2 Å². The first-order valence-electron chi connectivity index (χ1n) is 7.68. The van der Waals surface area contributed by atoms with Gasteiger partial charge in [0.25, 0.3) is 5.91 Å². The van der Waals surface area contributed by atoms with E-state index in [0.717, 1.165) is 4.90 Å². The Morgan fingerprint density at radius 1 is 1.08 bits per heavy atom. The van der Waals surface area contributed by atoms with Crippen LogP contribution in [0.3, 0.4) is 0 Å². The predicted molar refractivity (Wildman–Crippen MR) is 87.1 cm³/mol. The second-order valence-corrected chi connectivity index (χ2v) is 5.97. The second kappa shape index (κ2) is 7.25. The van der Waals surface area contributed by atoms with Gasteiger partial charge in [0.1, 0.15) is 0 Å². The van der Waals surface area contributed by atoms with Gasteiger partial charge < -0.3 is 9.80 Å². The highest BCUT2D eigenvalue weighted by atomic mass is 16.2. The molecule has 0 atom stereocenters. The Hall–Kier alpha value is -2.70.